The normalized spacial score (nSPS) is 9.73. The average molecular weight is 271 g/mol. The molecule has 0 fully saturated rings. The second kappa shape index (κ2) is 5.66. The molecule has 0 unspecified atom stereocenters. The van der Waals surface area contributed by atoms with Gasteiger partial charge in [-0.2, -0.15) is 0 Å². The third kappa shape index (κ3) is 3.16. The number of ketones is 2. The molecule has 0 saturated carbocycles. The van der Waals surface area contributed by atoms with Crippen LogP contribution in [-0.4, -0.2) is 23.5 Å². The van der Waals surface area contributed by atoms with E-state index < -0.39 is 11.6 Å². The second-order valence-corrected chi connectivity index (χ2v) is 3.41. The van der Waals surface area contributed by atoms with Crippen molar-refractivity contribution in [3.8, 4) is 5.75 Å². The summed E-state index contributed by atoms with van der Waals surface area (Å²) in [5.74, 6) is -0.345. The predicted octanol–water partition coefficient (Wildman–Crippen LogP) is 2.23. The zero-order valence-electron chi connectivity index (χ0n) is 8.33. The van der Waals surface area contributed by atoms with Crippen molar-refractivity contribution in [2.45, 2.75) is 6.92 Å². The summed E-state index contributed by atoms with van der Waals surface area (Å²) in [6, 6.07) is 6.62. The van der Waals surface area contributed by atoms with E-state index in [1.165, 1.54) is 0 Å². The third-order valence-corrected chi connectivity index (χ3v) is 2.29. The van der Waals surface area contributed by atoms with Gasteiger partial charge in [-0.05, 0) is 19.1 Å². The van der Waals surface area contributed by atoms with Gasteiger partial charge in [-0.3, -0.25) is 9.59 Å². The Kier molecular flexibility index (Phi) is 4.49. The van der Waals surface area contributed by atoms with E-state index in [9.17, 15) is 9.59 Å². The van der Waals surface area contributed by atoms with Crippen molar-refractivity contribution in [2.24, 2.45) is 0 Å². The van der Waals surface area contributed by atoms with E-state index in [0.29, 0.717) is 17.9 Å². The van der Waals surface area contributed by atoms with Gasteiger partial charge in [-0.15, -0.1) is 0 Å². The minimum absolute atomic E-state index is 0.0463. The molecule has 0 spiro atoms. The highest BCUT2D eigenvalue weighted by atomic mass is 79.9. The maximum absolute atomic E-state index is 11.5. The fraction of sp³-hybridized carbons (Fsp3) is 0.273. The van der Waals surface area contributed by atoms with Crippen molar-refractivity contribution >= 4 is 27.5 Å². The zero-order valence-corrected chi connectivity index (χ0v) is 9.91. The van der Waals surface area contributed by atoms with Crippen LogP contribution >= 0.6 is 15.9 Å². The van der Waals surface area contributed by atoms with E-state index in [0.717, 1.165) is 0 Å². The maximum Gasteiger partial charge on any atom is 0.229 e. The third-order valence-electron chi connectivity index (χ3n) is 1.78. The molecule has 1 rings (SSSR count). The van der Waals surface area contributed by atoms with Gasteiger partial charge in [0.1, 0.15) is 5.75 Å². The number of benzene rings is 1. The van der Waals surface area contributed by atoms with Gasteiger partial charge in [0.15, 0.2) is 0 Å². The predicted molar refractivity (Wildman–Crippen MR) is 60.7 cm³/mol. The summed E-state index contributed by atoms with van der Waals surface area (Å²) in [6.45, 7) is 2.39. The number of carbonyl (C=O) groups excluding carboxylic acids is 2. The van der Waals surface area contributed by atoms with Gasteiger partial charge in [-0.25, -0.2) is 0 Å². The van der Waals surface area contributed by atoms with Crippen molar-refractivity contribution in [1.29, 1.82) is 0 Å². The van der Waals surface area contributed by atoms with Crippen LogP contribution in [0.2, 0.25) is 0 Å². The Morgan fingerprint density at radius 2 is 2.13 bits per heavy atom. The summed E-state index contributed by atoms with van der Waals surface area (Å²) in [6.07, 6.45) is 0. The van der Waals surface area contributed by atoms with Crippen LogP contribution < -0.4 is 4.74 Å². The van der Waals surface area contributed by atoms with Crippen molar-refractivity contribution < 1.29 is 14.3 Å². The Morgan fingerprint density at radius 1 is 1.40 bits per heavy atom. The van der Waals surface area contributed by atoms with Crippen LogP contribution in [0, 0.1) is 0 Å². The van der Waals surface area contributed by atoms with E-state index in [2.05, 4.69) is 15.9 Å². The van der Waals surface area contributed by atoms with Crippen LogP contribution in [0.5, 0.6) is 5.75 Å². The number of hydrogen-bond donors (Lipinski definition) is 0. The lowest BCUT2D eigenvalue weighted by molar-refractivity contribution is -0.112. The lowest BCUT2D eigenvalue weighted by Crippen LogP contribution is -2.15. The fourth-order valence-corrected chi connectivity index (χ4v) is 1.37. The summed E-state index contributed by atoms with van der Waals surface area (Å²) < 4.78 is 5.23. The molecular weight excluding hydrogens is 260 g/mol. The molecule has 4 heteroatoms. The number of hydrogen-bond acceptors (Lipinski definition) is 3. The van der Waals surface area contributed by atoms with Crippen molar-refractivity contribution in [2.75, 3.05) is 11.9 Å². The molecule has 0 aromatic heterocycles. The van der Waals surface area contributed by atoms with E-state index in [1.54, 1.807) is 24.3 Å². The minimum atomic E-state index is -0.492. The molecule has 0 N–H and O–H groups in total. The molecule has 0 radical (unpaired) electrons. The minimum Gasteiger partial charge on any atom is -0.494 e. The molecule has 1 aromatic rings. The molecular formula is C11H11BrO3. The SMILES string of the molecule is CCOc1cccc(C(=O)C(=O)CBr)c1. The number of halogens is 1. The lowest BCUT2D eigenvalue weighted by Gasteiger charge is -2.04. The first-order valence-corrected chi connectivity index (χ1v) is 5.67. The Bertz CT molecular complexity index is 374. The molecule has 0 aliphatic rings. The summed E-state index contributed by atoms with van der Waals surface area (Å²) in [7, 11) is 0. The molecule has 0 aliphatic carbocycles. The number of carbonyl (C=O) groups is 2. The van der Waals surface area contributed by atoms with E-state index in [4.69, 9.17) is 4.74 Å². The monoisotopic (exact) mass is 270 g/mol. The number of ether oxygens (including phenoxy) is 1. The molecule has 0 atom stereocenters. The highest BCUT2D eigenvalue weighted by Gasteiger charge is 2.14. The Morgan fingerprint density at radius 3 is 2.73 bits per heavy atom. The molecule has 3 nitrogen and oxygen atoms in total. The zero-order chi connectivity index (χ0) is 11.3. The maximum atomic E-state index is 11.5. The molecule has 0 bridgehead atoms. The molecule has 1 aromatic carbocycles. The smallest absolute Gasteiger partial charge is 0.229 e. The van der Waals surface area contributed by atoms with Crippen LogP contribution in [0.1, 0.15) is 17.3 Å². The van der Waals surface area contributed by atoms with E-state index in [1.807, 2.05) is 6.92 Å². The largest absolute Gasteiger partial charge is 0.494 e. The average Bonchev–Trinajstić information content (AvgIpc) is 2.28. The van der Waals surface area contributed by atoms with Crippen molar-refractivity contribution in [1.82, 2.24) is 0 Å². The highest BCUT2D eigenvalue weighted by Crippen LogP contribution is 2.14. The van der Waals surface area contributed by atoms with Crippen LogP contribution in [0.25, 0.3) is 0 Å². The van der Waals surface area contributed by atoms with Gasteiger partial charge < -0.3 is 4.74 Å². The van der Waals surface area contributed by atoms with Gasteiger partial charge in [0.05, 0.1) is 11.9 Å². The van der Waals surface area contributed by atoms with Gasteiger partial charge in [0.25, 0.3) is 0 Å². The first kappa shape index (κ1) is 11.9. The van der Waals surface area contributed by atoms with Crippen molar-refractivity contribution in [3.05, 3.63) is 29.8 Å². The molecule has 80 valence electrons. The van der Waals surface area contributed by atoms with E-state index in [-0.39, 0.29) is 5.33 Å². The quantitative estimate of drug-likeness (QED) is 0.468. The number of Topliss-reactive ketones (excluding diaryl/α,β-unsaturated/α-hetero) is 2. The van der Waals surface area contributed by atoms with Crippen LogP contribution in [-0.2, 0) is 4.79 Å². The Hall–Kier alpha value is -1.16. The first-order chi connectivity index (χ1) is 7.19. The molecule has 15 heavy (non-hydrogen) atoms. The second-order valence-electron chi connectivity index (χ2n) is 2.85. The Balaban J connectivity index is 2.90. The fourth-order valence-electron chi connectivity index (χ4n) is 1.12. The van der Waals surface area contributed by atoms with Crippen molar-refractivity contribution in [3.63, 3.8) is 0 Å². The van der Waals surface area contributed by atoms with Gasteiger partial charge in [-0.1, -0.05) is 28.1 Å². The first-order valence-electron chi connectivity index (χ1n) is 4.55. The van der Waals surface area contributed by atoms with Gasteiger partial charge in [0.2, 0.25) is 11.6 Å². The van der Waals surface area contributed by atoms with Gasteiger partial charge in [0, 0.05) is 5.56 Å². The molecule has 0 heterocycles. The van der Waals surface area contributed by atoms with Gasteiger partial charge >= 0.3 is 0 Å². The van der Waals surface area contributed by atoms with Crippen LogP contribution in [0.4, 0.5) is 0 Å². The van der Waals surface area contributed by atoms with Crippen LogP contribution in [0.15, 0.2) is 24.3 Å². The topological polar surface area (TPSA) is 43.4 Å². The molecule has 0 saturated heterocycles. The molecule has 0 aliphatic heterocycles. The summed E-state index contributed by atoms with van der Waals surface area (Å²) in [5, 5.41) is 0.0463. The summed E-state index contributed by atoms with van der Waals surface area (Å²) in [5.41, 5.74) is 0.366. The lowest BCUT2D eigenvalue weighted by atomic mass is 10.1. The summed E-state index contributed by atoms with van der Waals surface area (Å²) in [4.78, 5) is 22.6. The number of rotatable bonds is 5. The standard InChI is InChI=1S/C11H11BrO3/c1-2-15-9-5-3-4-8(6-9)11(14)10(13)7-12/h3-6H,2,7H2,1H3. The van der Waals surface area contributed by atoms with Crippen LogP contribution in [0.3, 0.4) is 0 Å². The number of alkyl halides is 1. The molecule has 0 amide bonds. The summed E-state index contributed by atoms with van der Waals surface area (Å²) >= 11 is 2.96. The highest BCUT2D eigenvalue weighted by molar-refractivity contribution is 9.09. The van der Waals surface area contributed by atoms with E-state index >= 15 is 0 Å². The Labute approximate surface area is 96.6 Å².